The van der Waals surface area contributed by atoms with Crippen LogP contribution in [0.15, 0.2) is 24.3 Å². The molecule has 25 heavy (non-hydrogen) atoms. The SMILES string of the molecule is CCCCCCCCOc1cccc(OCCCCCCCC)c1.[K]. The largest absolute Gasteiger partial charge is 0.493 e. The van der Waals surface area contributed by atoms with E-state index in [9.17, 15) is 0 Å². The maximum absolute atomic E-state index is 5.84. The monoisotopic (exact) mass is 373 g/mol. The number of unbranched alkanes of at least 4 members (excludes halogenated alkanes) is 10. The minimum Gasteiger partial charge on any atom is -0.493 e. The zero-order chi connectivity index (χ0) is 17.3. The van der Waals surface area contributed by atoms with E-state index in [1.165, 1.54) is 64.2 Å². The zero-order valence-corrected chi connectivity index (χ0v) is 20.1. The van der Waals surface area contributed by atoms with Crippen LogP contribution in [0.4, 0.5) is 0 Å². The minimum absolute atomic E-state index is 0. The Bertz CT molecular complexity index is 362. The Morgan fingerprint density at radius 1 is 0.600 bits per heavy atom. The van der Waals surface area contributed by atoms with Crippen LogP contribution in [-0.4, -0.2) is 64.6 Å². The van der Waals surface area contributed by atoms with Crippen LogP contribution in [0.2, 0.25) is 0 Å². The fourth-order valence-electron chi connectivity index (χ4n) is 2.80. The van der Waals surface area contributed by atoms with Crippen molar-refractivity contribution >= 4 is 51.4 Å². The van der Waals surface area contributed by atoms with Gasteiger partial charge in [0.25, 0.3) is 0 Å². The summed E-state index contributed by atoms with van der Waals surface area (Å²) >= 11 is 0. The summed E-state index contributed by atoms with van der Waals surface area (Å²) in [4.78, 5) is 0. The van der Waals surface area contributed by atoms with Crippen LogP contribution in [0.25, 0.3) is 0 Å². The molecule has 0 fully saturated rings. The van der Waals surface area contributed by atoms with Crippen LogP contribution in [0.1, 0.15) is 90.9 Å². The van der Waals surface area contributed by atoms with Crippen molar-refractivity contribution in [1.82, 2.24) is 0 Å². The summed E-state index contributed by atoms with van der Waals surface area (Å²) in [6.07, 6.45) is 15.6. The molecule has 1 aromatic carbocycles. The van der Waals surface area contributed by atoms with Gasteiger partial charge in [0.2, 0.25) is 0 Å². The Labute approximate surface area is 198 Å². The van der Waals surface area contributed by atoms with Crippen molar-refractivity contribution in [2.45, 2.75) is 90.9 Å². The Hall–Kier alpha value is 0.456. The van der Waals surface area contributed by atoms with Gasteiger partial charge in [0.05, 0.1) is 13.2 Å². The topological polar surface area (TPSA) is 18.5 Å². The Morgan fingerprint density at radius 3 is 1.44 bits per heavy atom. The van der Waals surface area contributed by atoms with Gasteiger partial charge in [0.1, 0.15) is 11.5 Å². The Morgan fingerprint density at radius 2 is 1.00 bits per heavy atom. The van der Waals surface area contributed by atoms with Gasteiger partial charge in [-0.3, -0.25) is 0 Å². The van der Waals surface area contributed by atoms with Gasteiger partial charge < -0.3 is 9.47 Å². The molecule has 0 unspecified atom stereocenters. The van der Waals surface area contributed by atoms with Gasteiger partial charge in [-0.05, 0) is 25.0 Å². The number of benzene rings is 1. The number of rotatable bonds is 16. The van der Waals surface area contributed by atoms with Gasteiger partial charge in [0, 0.05) is 57.5 Å². The van der Waals surface area contributed by atoms with E-state index in [1.807, 2.05) is 24.3 Å². The van der Waals surface area contributed by atoms with Gasteiger partial charge in [-0.1, -0.05) is 84.1 Å². The van der Waals surface area contributed by atoms with E-state index >= 15 is 0 Å². The van der Waals surface area contributed by atoms with Crippen LogP contribution < -0.4 is 9.47 Å². The van der Waals surface area contributed by atoms with E-state index in [1.54, 1.807) is 0 Å². The van der Waals surface area contributed by atoms with Gasteiger partial charge in [-0.2, -0.15) is 0 Å². The van der Waals surface area contributed by atoms with Crippen LogP contribution in [0.5, 0.6) is 11.5 Å². The van der Waals surface area contributed by atoms with Crippen LogP contribution in [0, 0.1) is 0 Å². The third kappa shape index (κ3) is 15.2. The van der Waals surface area contributed by atoms with E-state index in [2.05, 4.69) is 13.8 Å². The molecule has 0 aromatic heterocycles. The molecule has 0 aliphatic rings. The summed E-state index contributed by atoms with van der Waals surface area (Å²) in [5.41, 5.74) is 0. The molecule has 0 atom stereocenters. The predicted molar refractivity (Wildman–Crippen MR) is 110 cm³/mol. The van der Waals surface area contributed by atoms with E-state index in [0.717, 1.165) is 37.6 Å². The van der Waals surface area contributed by atoms with Crippen molar-refractivity contribution in [2.75, 3.05) is 13.2 Å². The van der Waals surface area contributed by atoms with Gasteiger partial charge >= 0.3 is 0 Å². The molecule has 0 saturated heterocycles. The second-order valence-corrected chi connectivity index (χ2v) is 6.71. The Balaban J connectivity index is 0.00000576. The molecule has 0 amide bonds. The van der Waals surface area contributed by atoms with E-state index in [0.29, 0.717) is 0 Å². The molecule has 139 valence electrons. The summed E-state index contributed by atoms with van der Waals surface area (Å²) in [5.74, 6) is 1.87. The van der Waals surface area contributed by atoms with E-state index < -0.39 is 0 Å². The zero-order valence-electron chi connectivity index (χ0n) is 17.0. The van der Waals surface area contributed by atoms with Crippen molar-refractivity contribution < 1.29 is 9.47 Å². The molecule has 1 radical (unpaired) electrons. The molecular weight excluding hydrogens is 335 g/mol. The summed E-state index contributed by atoms with van der Waals surface area (Å²) in [5, 5.41) is 0. The number of hydrogen-bond acceptors (Lipinski definition) is 2. The molecule has 2 nitrogen and oxygen atoms in total. The summed E-state index contributed by atoms with van der Waals surface area (Å²) in [6, 6.07) is 8.09. The van der Waals surface area contributed by atoms with Crippen molar-refractivity contribution in [2.24, 2.45) is 0 Å². The molecule has 1 rings (SSSR count). The standard InChI is InChI=1S/C22H38O2.K/c1-3-5-7-9-11-13-18-23-21-16-15-17-22(20-21)24-19-14-12-10-8-6-4-2;/h15-17,20H,3-14,18-19H2,1-2H3;. The average molecular weight is 374 g/mol. The summed E-state index contributed by atoms with van der Waals surface area (Å²) < 4.78 is 11.7. The van der Waals surface area contributed by atoms with Crippen LogP contribution in [0.3, 0.4) is 0 Å². The minimum atomic E-state index is 0. The fourth-order valence-corrected chi connectivity index (χ4v) is 2.80. The first kappa shape index (κ1) is 25.5. The second kappa shape index (κ2) is 19.2. The maximum Gasteiger partial charge on any atom is 0.122 e. The van der Waals surface area contributed by atoms with Gasteiger partial charge in [-0.15, -0.1) is 0 Å². The molecule has 0 N–H and O–H groups in total. The average Bonchev–Trinajstić information content (AvgIpc) is 2.60. The van der Waals surface area contributed by atoms with Crippen molar-refractivity contribution in [3.05, 3.63) is 24.3 Å². The first-order valence-corrected chi connectivity index (χ1v) is 10.2. The van der Waals surface area contributed by atoms with Gasteiger partial charge in [0.15, 0.2) is 0 Å². The van der Waals surface area contributed by atoms with E-state index in [4.69, 9.17) is 9.47 Å². The molecule has 0 bridgehead atoms. The summed E-state index contributed by atoms with van der Waals surface area (Å²) in [7, 11) is 0. The third-order valence-corrected chi connectivity index (χ3v) is 4.34. The number of hydrogen-bond donors (Lipinski definition) is 0. The predicted octanol–water partition coefficient (Wildman–Crippen LogP) is 6.78. The van der Waals surface area contributed by atoms with Crippen LogP contribution >= 0.6 is 0 Å². The molecule has 0 heterocycles. The smallest absolute Gasteiger partial charge is 0.122 e. The number of ether oxygens (including phenoxy) is 2. The quantitative estimate of drug-likeness (QED) is 0.235. The normalized spacial score (nSPS) is 10.3. The maximum atomic E-state index is 5.84. The van der Waals surface area contributed by atoms with Crippen molar-refractivity contribution in [3.8, 4) is 11.5 Å². The molecule has 0 aliphatic carbocycles. The summed E-state index contributed by atoms with van der Waals surface area (Å²) in [6.45, 7) is 6.13. The van der Waals surface area contributed by atoms with Crippen LogP contribution in [-0.2, 0) is 0 Å². The molecular formula is C22H38KO2. The van der Waals surface area contributed by atoms with Gasteiger partial charge in [-0.25, -0.2) is 0 Å². The molecule has 0 saturated carbocycles. The molecule has 1 aromatic rings. The van der Waals surface area contributed by atoms with Crippen molar-refractivity contribution in [3.63, 3.8) is 0 Å². The Kier molecular flexibility index (Phi) is 19.6. The first-order chi connectivity index (χ1) is 11.9. The molecule has 3 heteroatoms. The van der Waals surface area contributed by atoms with E-state index in [-0.39, 0.29) is 51.4 Å². The second-order valence-electron chi connectivity index (χ2n) is 6.71. The van der Waals surface area contributed by atoms with Crippen molar-refractivity contribution in [1.29, 1.82) is 0 Å². The molecule has 0 spiro atoms. The molecule has 0 aliphatic heterocycles. The third-order valence-electron chi connectivity index (χ3n) is 4.34. The fraction of sp³-hybridized carbons (Fsp3) is 0.727. The first-order valence-electron chi connectivity index (χ1n) is 10.2.